The van der Waals surface area contributed by atoms with Gasteiger partial charge in [-0.15, -0.1) is 13.2 Å². The molecule has 0 amide bonds. The minimum absolute atomic E-state index is 0.0311. The highest BCUT2D eigenvalue weighted by molar-refractivity contribution is 7.91. The Hall–Kier alpha value is -3.73. The van der Waals surface area contributed by atoms with Crippen molar-refractivity contribution < 1.29 is 45.3 Å². The van der Waals surface area contributed by atoms with E-state index in [-0.39, 0.29) is 27.7 Å². The first kappa shape index (κ1) is 25.9. The molecule has 186 valence electrons. The van der Waals surface area contributed by atoms with Gasteiger partial charge >= 0.3 is 12.3 Å². The molecule has 3 aromatic carbocycles. The van der Waals surface area contributed by atoms with Crippen molar-refractivity contribution in [3.05, 3.63) is 72.3 Å². The van der Waals surface area contributed by atoms with Crippen molar-refractivity contribution in [3.63, 3.8) is 0 Å². The number of esters is 1. The van der Waals surface area contributed by atoms with Crippen LogP contribution in [0.3, 0.4) is 0 Å². The van der Waals surface area contributed by atoms with Crippen molar-refractivity contribution in [2.24, 2.45) is 0 Å². The molecule has 0 bridgehead atoms. The summed E-state index contributed by atoms with van der Waals surface area (Å²) >= 11 is 0. The lowest BCUT2D eigenvalue weighted by atomic mass is 10.1. The summed E-state index contributed by atoms with van der Waals surface area (Å²) in [7, 11) is -2.73. The van der Waals surface area contributed by atoms with Gasteiger partial charge in [-0.2, -0.15) is 0 Å². The first-order valence-electron chi connectivity index (χ1n) is 10.2. The zero-order valence-corrected chi connectivity index (χ0v) is 19.5. The van der Waals surface area contributed by atoms with Gasteiger partial charge in [-0.05, 0) is 79.2 Å². The topological polar surface area (TPSA) is 88.1 Å². The van der Waals surface area contributed by atoms with E-state index >= 15 is 0 Å². The Morgan fingerprint density at radius 2 is 1.40 bits per heavy atom. The fraction of sp³-hybridized carbons (Fsp3) is 0.208. The molecule has 0 radical (unpaired) electrons. The maximum absolute atomic E-state index is 13.2. The van der Waals surface area contributed by atoms with E-state index in [1.165, 1.54) is 55.6 Å². The Kier molecular flexibility index (Phi) is 7.90. The van der Waals surface area contributed by atoms with Crippen LogP contribution < -0.4 is 14.2 Å². The van der Waals surface area contributed by atoms with Gasteiger partial charge in [-0.3, -0.25) is 4.79 Å². The third-order valence-corrected chi connectivity index (χ3v) is 6.31. The molecule has 0 saturated carbocycles. The van der Waals surface area contributed by atoms with Crippen molar-refractivity contribution in [2.45, 2.75) is 29.5 Å². The molecule has 0 unspecified atom stereocenters. The molecule has 0 atom stereocenters. The Bertz CT molecular complexity index is 1270. The van der Waals surface area contributed by atoms with Crippen molar-refractivity contribution in [1.29, 1.82) is 0 Å². The number of hydrogen-bond donors (Lipinski definition) is 0. The van der Waals surface area contributed by atoms with Crippen LogP contribution in [0.5, 0.6) is 23.0 Å². The van der Waals surface area contributed by atoms with Gasteiger partial charge in [0.05, 0.1) is 29.9 Å². The highest BCUT2D eigenvalue weighted by Gasteiger charge is 2.31. The molecule has 0 saturated heterocycles. The van der Waals surface area contributed by atoms with Crippen molar-refractivity contribution in [1.82, 2.24) is 0 Å². The van der Waals surface area contributed by atoms with Gasteiger partial charge in [0.25, 0.3) is 0 Å². The third kappa shape index (κ3) is 7.12. The molecule has 0 aliphatic rings. The van der Waals surface area contributed by atoms with E-state index in [1.807, 2.05) is 0 Å². The van der Waals surface area contributed by atoms with Crippen LogP contribution in [-0.4, -0.2) is 34.5 Å². The van der Waals surface area contributed by atoms with Gasteiger partial charge in [-0.25, -0.2) is 8.42 Å². The molecule has 0 spiro atoms. The predicted molar refractivity (Wildman–Crippen MR) is 118 cm³/mol. The molecule has 3 aromatic rings. The normalized spacial score (nSPS) is 11.6. The summed E-state index contributed by atoms with van der Waals surface area (Å²) in [6.07, 6.45) is -4.93. The van der Waals surface area contributed by atoms with Gasteiger partial charge in [-0.1, -0.05) is 0 Å². The summed E-state index contributed by atoms with van der Waals surface area (Å²) in [6.45, 7) is 2.05. The molecule has 0 fully saturated rings. The van der Waals surface area contributed by atoms with Crippen LogP contribution in [0.4, 0.5) is 13.2 Å². The van der Waals surface area contributed by atoms with Crippen LogP contribution in [0.25, 0.3) is 0 Å². The number of carbonyl (C=O) groups is 1. The Morgan fingerprint density at radius 3 is 1.94 bits per heavy atom. The molecular formula is C24H21F3O7S. The number of benzene rings is 3. The predicted octanol–water partition coefficient (Wildman–Crippen LogP) is 5.32. The minimum atomic E-state index is -4.80. The number of halogens is 3. The highest BCUT2D eigenvalue weighted by atomic mass is 32.2. The van der Waals surface area contributed by atoms with E-state index in [2.05, 4.69) is 9.47 Å². The lowest BCUT2D eigenvalue weighted by Crippen LogP contribution is -2.16. The fourth-order valence-corrected chi connectivity index (χ4v) is 4.39. The van der Waals surface area contributed by atoms with Crippen molar-refractivity contribution >= 4 is 15.8 Å². The van der Waals surface area contributed by atoms with E-state index < -0.39 is 27.9 Å². The van der Waals surface area contributed by atoms with Gasteiger partial charge < -0.3 is 18.9 Å². The molecule has 35 heavy (non-hydrogen) atoms. The summed E-state index contributed by atoms with van der Waals surface area (Å²) in [5, 5.41) is 0. The monoisotopic (exact) mass is 510 g/mol. The summed E-state index contributed by atoms with van der Waals surface area (Å²) in [5.74, 6) is -0.131. The largest absolute Gasteiger partial charge is 0.573 e. The standard InChI is InChI=1S/C24H21F3O7S/c1-3-32-20-12-16(14-23(28)31-2)13-22(15-20)35(29,30)21-10-8-18(9-11-21)33-17-4-6-19(7-5-17)34-24(25,26)27/h4-13,15H,3,14H2,1-2H3. The van der Waals surface area contributed by atoms with E-state index in [9.17, 15) is 26.4 Å². The molecule has 7 nitrogen and oxygen atoms in total. The van der Waals surface area contributed by atoms with E-state index in [1.54, 1.807) is 13.0 Å². The average molecular weight is 510 g/mol. The number of hydrogen-bond acceptors (Lipinski definition) is 7. The summed E-state index contributed by atoms with van der Waals surface area (Å²) in [5.41, 5.74) is 0.416. The smallest absolute Gasteiger partial charge is 0.494 e. The quantitative estimate of drug-likeness (QED) is 0.360. The Balaban J connectivity index is 1.81. The maximum atomic E-state index is 13.2. The van der Waals surface area contributed by atoms with E-state index in [0.29, 0.717) is 17.9 Å². The van der Waals surface area contributed by atoms with Crippen LogP contribution in [0, 0.1) is 0 Å². The van der Waals surface area contributed by atoms with Crippen LogP contribution in [0.15, 0.2) is 76.5 Å². The molecule has 0 heterocycles. The first-order chi connectivity index (χ1) is 16.5. The summed E-state index contributed by atoms with van der Waals surface area (Å²) in [6, 6.07) is 14.6. The maximum Gasteiger partial charge on any atom is 0.573 e. The van der Waals surface area contributed by atoms with Crippen LogP contribution in [0.1, 0.15) is 12.5 Å². The van der Waals surface area contributed by atoms with Gasteiger partial charge in [0.1, 0.15) is 23.0 Å². The third-order valence-electron chi connectivity index (χ3n) is 4.56. The van der Waals surface area contributed by atoms with Crippen LogP contribution in [-0.2, 0) is 25.8 Å². The van der Waals surface area contributed by atoms with Crippen LogP contribution >= 0.6 is 0 Å². The minimum Gasteiger partial charge on any atom is -0.494 e. The number of ether oxygens (including phenoxy) is 4. The molecule has 11 heteroatoms. The lowest BCUT2D eigenvalue weighted by molar-refractivity contribution is -0.274. The first-order valence-corrected chi connectivity index (χ1v) is 11.7. The molecule has 0 aliphatic heterocycles. The molecule has 0 aromatic heterocycles. The summed E-state index contributed by atoms with van der Waals surface area (Å²) in [4.78, 5) is 11.6. The zero-order valence-electron chi connectivity index (χ0n) is 18.7. The molecule has 0 aliphatic carbocycles. The second kappa shape index (κ2) is 10.7. The van der Waals surface area contributed by atoms with Gasteiger partial charge in [0, 0.05) is 0 Å². The zero-order chi connectivity index (χ0) is 25.6. The molecular weight excluding hydrogens is 489 g/mol. The number of sulfone groups is 1. The molecule has 3 rings (SSSR count). The van der Waals surface area contributed by atoms with Gasteiger partial charge in [0.15, 0.2) is 0 Å². The van der Waals surface area contributed by atoms with Gasteiger partial charge in [0.2, 0.25) is 9.84 Å². The fourth-order valence-electron chi connectivity index (χ4n) is 3.05. The number of rotatable bonds is 9. The molecule has 0 N–H and O–H groups in total. The summed E-state index contributed by atoms with van der Waals surface area (Å²) < 4.78 is 82.7. The highest BCUT2D eigenvalue weighted by Crippen LogP contribution is 2.30. The number of methoxy groups -OCH3 is 1. The average Bonchev–Trinajstić information content (AvgIpc) is 2.80. The Labute approximate surface area is 199 Å². The van der Waals surface area contributed by atoms with E-state index in [0.717, 1.165) is 12.1 Å². The number of carbonyl (C=O) groups excluding carboxylic acids is 1. The Morgan fingerprint density at radius 1 is 0.829 bits per heavy atom. The van der Waals surface area contributed by atoms with Crippen molar-refractivity contribution in [2.75, 3.05) is 13.7 Å². The lowest BCUT2D eigenvalue weighted by Gasteiger charge is -2.12. The van der Waals surface area contributed by atoms with Crippen LogP contribution in [0.2, 0.25) is 0 Å². The second-order valence-electron chi connectivity index (χ2n) is 7.09. The van der Waals surface area contributed by atoms with Crippen molar-refractivity contribution in [3.8, 4) is 23.0 Å². The second-order valence-corrected chi connectivity index (χ2v) is 9.04. The number of alkyl halides is 3. The van der Waals surface area contributed by atoms with E-state index in [4.69, 9.17) is 9.47 Å². The SMILES string of the molecule is CCOc1cc(CC(=O)OC)cc(S(=O)(=O)c2ccc(Oc3ccc(OC(F)(F)F)cc3)cc2)c1.